The van der Waals surface area contributed by atoms with Gasteiger partial charge in [-0.1, -0.05) is 91.0 Å². The molecule has 13 heteroatoms. The van der Waals surface area contributed by atoms with Gasteiger partial charge >= 0.3 is 18.5 Å². The molecule has 0 spiro atoms. The zero-order valence-electron chi connectivity index (χ0n) is 28.0. The number of hydrogen-bond donors (Lipinski definition) is 0. The van der Waals surface area contributed by atoms with Crippen LogP contribution in [0.2, 0.25) is 0 Å². The van der Waals surface area contributed by atoms with E-state index in [2.05, 4.69) is 4.98 Å². The second-order valence-electron chi connectivity index (χ2n) is 12.6. The molecule has 2 heterocycles. The van der Waals surface area contributed by atoms with Gasteiger partial charge in [0.2, 0.25) is 0 Å². The van der Waals surface area contributed by atoms with Crippen molar-refractivity contribution in [3.63, 3.8) is 0 Å². The van der Waals surface area contributed by atoms with Crippen molar-refractivity contribution in [1.82, 2.24) is 19.5 Å². The Labute approximate surface area is 306 Å². The van der Waals surface area contributed by atoms with Crippen molar-refractivity contribution in [1.29, 1.82) is 0 Å². The molecule has 0 radical (unpaired) electrons. The SMILES string of the molecule is FC(F)(F)c1ccc(-c2ccc(-n3c4ccccc4c4cc(C(F)(F)F)ccc43)cc2-c2nc(-c3ccccc3)nc(-c3ccccc3)n2)c(C(F)(F)F)c1. The van der Waals surface area contributed by atoms with Crippen LogP contribution < -0.4 is 0 Å². The topological polar surface area (TPSA) is 43.6 Å². The summed E-state index contributed by atoms with van der Waals surface area (Å²) in [6.07, 6.45) is -14.9. The van der Waals surface area contributed by atoms with E-state index >= 15 is 0 Å². The minimum absolute atomic E-state index is 0.00244. The van der Waals surface area contributed by atoms with Gasteiger partial charge in [-0.15, -0.1) is 0 Å². The maximum atomic E-state index is 14.7. The molecule has 0 fully saturated rings. The fraction of sp³-hybridized carbons (Fsp3) is 0.0714. The zero-order chi connectivity index (χ0) is 38.7. The summed E-state index contributed by atoms with van der Waals surface area (Å²) in [7, 11) is 0. The van der Waals surface area contributed by atoms with E-state index in [1.165, 1.54) is 24.3 Å². The van der Waals surface area contributed by atoms with Crippen LogP contribution in [-0.2, 0) is 18.5 Å². The molecule has 8 aromatic rings. The van der Waals surface area contributed by atoms with Crippen molar-refractivity contribution < 1.29 is 39.5 Å². The summed E-state index contributed by atoms with van der Waals surface area (Å²) in [5.41, 5.74) is -2.33. The van der Waals surface area contributed by atoms with Crippen molar-refractivity contribution in [3.05, 3.63) is 156 Å². The average molecular weight is 755 g/mol. The Balaban J connectivity index is 1.46. The Morgan fingerprint density at radius 2 is 0.891 bits per heavy atom. The molecule has 55 heavy (non-hydrogen) atoms. The van der Waals surface area contributed by atoms with Gasteiger partial charge in [-0.25, -0.2) is 15.0 Å². The molecule has 4 nitrogen and oxygen atoms in total. The minimum Gasteiger partial charge on any atom is -0.309 e. The van der Waals surface area contributed by atoms with Gasteiger partial charge in [-0.2, -0.15) is 39.5 Å². The molecule has 0 amide bonds. The summed E-state index contributed by atoms with van der Waals surface area (Å²) in [5, 5.41) is 0.755. The Hall–Kier alpha value is -6.50. The summed E-state index contributed by atoms with van der Waals surface area (Å²) in [5.74, 6) is 0.235. The fourth-order valence-electron chi connectivity index (χ4n) is 6.64. The number of aromatic nitrogens is 4. The van der Waals surface area contributed by atoms with Gasteiger partial charge in [0.1, 0.15) is 0 Å². The van der Waals surface area contributed by atoms with E-state index in [0.717, 1.165) is 18.2 Å². The normalized spacial score (nSPS) is 12.5. The van der Waals surface area contributed by atoms with Gasteiger partial charge in [-0.3, -0.25) is 0 Å². The lowest BCUT2D eigenvalue weighted by Crippen LogP contribution is -2.12. The third-order valence-corrected chi connectivity index (χ3v) is 9.14. The Morgan fingerprint density at radius 1 is 0.382 bits per heavy atom. The smallest absolute Gasteiger partial charge is 0.309 e. The molecular formula is C42H23F9N4. The van der Waals surface area contributed by atoms with Crippen LogP contribution in [0, 0.1) is 0 Å². The number of fused-ring (bicyclic) bond motifs is 3. The third-order valence-electron chi connectivity index (χ3n) is 9.14. The number of rotatable bonds is 5. The van der Waals surface area contributed by atoms with Crippen LogP contribution in [-0.4, -0.2) is 19.5 Å². The van der Waals surface area contributed by atoms with E-state index in [1.54, 1.807) is 89.5 Å². The molecule has 2 aromatic heterocycles. The van der Waals surface area contributed by atoms with E-state index in [0.29, 0.717) is 39.3 Å². The first-order chi connectivity index (χ1) is 26.2. The Bertz CT molecular complexity index is 2660. The second kappa shape index (κ2) is 13.1. The molecule has 0 saturated heterocycles. The molecule has 0 N–H and O–H groups in total. The van der Waals surface area contributed by atoms with E-state index < -0.39 is 40.8 Å². The average Bonchev–Trinajstić information content (AvgIpc) is 3.51. The van der Waals surface area contributed by atoms with Gasteiger partial charge in [-0.05, 0) is 59.7 Å². The maximum absolute atomic E-state index is 14.7. The van der Waals surface area contributed by atoms with Crippen molar-refractivity contribution in [2.24, 2.45) is 0 Å². The number of alkyl halides is 9. The van der Waals surface area contributed by atoms with Gasteiger partial charge in [0.05, 0.1) is 27.7 Å². The quantitative estimate of drug-likeness (QED) is 0.164. The van der Waals surface area contributed by atoms with E-state index in [-0.39, 0.29) is 40.1 Å². The number of halogens is 9. The molecule has 0 aliphatic carbocycles. The highest BCUT2D eigenvalue weighted by atomic mass is 19.4. The van der Waals surface area contributed by atoms with Crippen molar-refractivity contribution >= 4 is 21.8 Å². The highest BCUT2D eigenvalue weighted by molar-refractivity contribution is 6.09. The van der Waals surface area contributed by atoms with E-state index in [1.807, 2.05) is 0 Å². The fourth-order valence-corrected chi connectivity index (χ4v) is 6.64. The van der Waals surface area contributed by atoms with Crippen LogP contribution >= 0.6 is 0 Å². The van der Waals surface area contributed by atoms with E-state index in [4.69, 9.17) is 9.97 Å². The molecule has 8 rings (SSSR count). The summed E-state index contributed by atoms with van der Waals surface area (Å²) < 4.78 is 128. The monoisotopic (exact) mass is 754 g/mol. The van der Waals surface area contributed by atoms with Crippen LogP contribution in [0.5, 0.6) is 0 Å². The lowest BCUT2D eigenvalue weighted by Gasteiger charge is -2.19. The van der Waals surface area contributed by atoms with E-state index in [9.17, 15) is 39.5 Å². The first-order valence-electron chi connectivity index (χ1n) is 16.6. The minimum atomic E-state index is -5.21. The first kappa shape index (κ1) is 35.5. The van der Waals surface area contributed by atoms with Gasteiger partial charge in [0.25, 0.3) is 0 Å². The molecule has 6 aromatic carbocycles. The summed E-state index contributed by atoms with van der Waals surface area (Å²) in [6.45, 7) is 0. The predicted molar refractivity (Wildman–Crippen MR) is 191 cm³/mol. The number of nitrogens with zero attached hydrogens (tertiary/aromatic N) is 4. The summed E-state index contributed by atoms with van der Waals surface area (Å²) >= 11 is 0. The van der Waals surface area contributed by atoms with Gasteiger partial charge in [0, 0.05) is 33.2 Å². The first-order valence-corrected chi connectivity index (χ1v) is 16.6. The molecule has 0 aliphatic rings. The van der Waals surface area contributed by atoms with Crippen LogP contribution in [0.1, 0.15) is 16.7 Å². The van der Waals surface area contributed by atoms with Crippen molar-refractivity contribution in [2.45, 2.75) is 18.5 Å². The van der Waals surface area contributed by atoms with Crippen LogP contribution in [0.25, 0.3) is 72.8 Å². The number of para-hydroxylation sites is 1. The molecule has 0 atom stereocenters. The summed E-state index contributed by atoms with van der Waals surface area (Å²) in [4.78, 5) is 14.1. The zero-order valence-corrected chi connectivity index (χ0v) is 28.0. The highest BCUT2D eigenvalue weighted by Crippen LogP contribution is 2.45. The third kappa shape index (κ3) is 6.66. The standard InChI is InChI=1S/C42H23F9N4/c43-40(44,45)26-16-20-36-32(21-26)31-13-7-8-14-35(31)55(36)28-17-19-29(30-18-15-27(41(46,47)48)22-34(30)42(49,50)51)33(23-28)39-53-37(24-9-3-1-4-10-24)52-38(54-39)25-11-5-2-6-12-25/h1-23H. The van der Waals surface area contributed by atoms with Crippen LogP contribution in [0.4, 0.5) is 39.5 Å². The largest absolute Gasteiger partial charge is 0.417 e. The lowest BCUT2D eigenvalue weighted by molar-refractivity contribution is -0.143. The number of hydrogen-bond acceptors (Lipinski definition) is 3. The molecule has 0 aliphatic heterocycles. The Morgan fingerprint density at radius 3 is 1.49 bits per heavy atom. The van der Waals surface area contributed by atoms with Crippen LogP contribution in [0.15, 0.2) is 140 Å². The molecular weight excluding hydrogens is 731 g/mol. The molecule has 0 saturated carbocycles. The van der Waals surface area contributed by atoms with Gasteiger partial charge < -0.3 is 4.57 Å². The maximum Gasteiger partial charge on any atom is 0.417 e. The number of benzene rings is 6. The lowest BCUT2D eigenvalue weighted by atomic mass is 9.92. The second-order valence-corrected chi connectivity index (χ2v) is 12.6. The molecule has 0 bridgehead atoms. The van der Waals surface area contributed by atoms with Crippen molar-refractivity contribution in [2.75, 3.05) is 0 Å². The van der Waals surface area contributed by atoms with Gasteiger partial charge in [0.15, 0.2) is 17.5 Å². The van der Waals surface area contributed by atoms with Crippen molar-refractivity contribution in [3.8, 4) is 51.0 Å². The summed E-state index contributed by atoms with van der Waals surface area (Å²) in [6, 6.07) is 33.1. The molecule has 0 unspecified atom stereocenters. The van der Waals surface area contributed by atoms with Crippen LogP contribution in [0.3, 0.4) is 0 Å². The molecule has 274 valence electrons. The highest BCUT2D eigenvalue weighted by Gasteiger charge is 2.39. The predicted octanol–water partition coefficient (Wildman–Crippen LogP) is 12.7. The Kier molecular flexibility index (Phi) is 8.47.